The largest absolute Gasteiger partial charge is 0.445 e. The number of likely N-dealkylation sites (tertiary alicyclic amines) is 1. The SMILES string of the molecule is Cn1cc(-c2cc3c(cc2C(F)F)N(c2nn(C4CN(C(=O)OCc5ccccc5)C4)c4c2CN(C(=O)OC(C)(C)C)CC4)CCC3)cn1. The van der Waals surface area contributed by atoms with Crippen LogP contribution in [0.4, 0.5) is 29.9 Å². The van der Waals surface area contributed by atoms with Gasteiger partial charge in [0.1, 0.15) is 12.2 Å². The summed E-state index contributed by atoms with van der Waals surface area (Å²) in [5.74, 6) is 0.642. The Kier molecular flexibility index (Phi) is 8.53. The molecule has 258 valence electrons. The molecule has 2 aromatic heterocycles. The average Bonchev–Trinajstić information content (AvgIpc) is 3.65. The molecular weight excluding hydrogens is 632 g/mol. The first-order valence-electron chi connectivity index (χ1n) is 16.7. The van der Waals surface area contributed by atoms with Crippen molar-refractivity contribution < 1.29 is 27.8 Å². The van der Waals surface area contributed by atoms with Gasteiger partial charge in [0, 0.05) is 73.9 Å². The standard InChI is InChI=1S/C36H41F2N7O4/c1-36(2,3)49-35(47)42-14-12-30-29(21-42)33(40-45(30)26-19-43(20-26)34(46)48-22-23-9-6-5-7-10-23)44-13-8-11-24-15-27(25-17-39-41(4)18-25)28(32(37)38)16-31(24)44/h5-7,9-10,15-18,26,32H,8,11-14,19-22H2,1-4H3. The lowest BCUT2D eigenvalue weighted by Crippen LogP contribution is -2.51. The molecule has 5 heterocycles. The van der Waals surface area contributed by atoms with Crippen LogP contribution >= 0.6 is 0 Å². The molecule has 2 aromatic carbocycles. The van der Waals surface area contributed by atoms with E-state index in [9.17, 15) is 18.4 Å². The Hall–Kier alpha value is -4.94. The number of amides is 2. The second-order valence-electron chi connectivity index (χ2n) is 14.0. The van der Waals surface area contributed by atoms with Crippen LogP contribution in [-0.2, 0) is 42.5 Å². The number of anilines is 2. The highest BCUT2D eigenvalue weighted by Gasteiger charge is 2.40. The number of fused-ring (bicyclic) bond motifs is 2. The Bertz CT molecular complexity index is 1860. The predicted molar refractivity (Wildman–Crippen MR) is 179 cm³/mol. The monoisotopic (exact) mass is 673 g/mol. The summed E-state index contributed by atoms with van der Waals surface area (Å²) < 4.78 is 44.1. The maximum absolute atomic E-state index is 14.6. The first-order chi connectivity index (χ1) is 23.4. The molecule has 13 heteroatoms. The summed E-state index contributed by atoms with van der Waals surface area (Å²) in [6.07, 6.45) is 1.95. The van der Waals surface area contributed by atoms with Crippen LogP contribution in [0.1, 0.15) is 67.6 Å². The van der Waals surface area contributed by atoms with Gasteiger partial charge < -0.3 is 24.2 Å². The minimum atomic E-state index is -2.69. The topological polar surface area (TPSA) is 98.0 Å². The minimum Gasteiger partial charge on any atom is -0.445 e. The maximum Gasteiger partial charge on any atom is 0.410 e. The lowest BCUT2D eigenvalue weighted by molar-refractivity contribution is 0.0217. The van der Waals surface area contributed by atoms with Gasteiger partial charge in [0.25, 0.3) is 6.43 Å². The van der Waals surface area contributed by atoms with Crippen LogP contribution in [0.15, 0.2) is 54.9 Å². The van der Waals surface area contributed by atoms with Crippen LogP contribution in [0.5, 0.6) is 0 Å². The summed E-state index contributed by atoms with van der Waals surface area (Å²) in [7, 11) is 1.76. The van der Waals surface area contributed by atoms with E-state index in [-0.39, 0.29) is 30.9 Å². The molecule has 0 radical (unpaired) electrons. The minimum absolute atomic E-state index is 0.0639. The van der Waals surface area contributed by atoms with E-state index >= 15 is 0 Å². The van der Waals surface area contributed by atoms with Crippen molar-refractivity contribution >= 4 is 23.7 Å². The van der Waals surface area contributed by atoms with Crippen molar-refractivity contribution in [3.05, 3.63) is 82.8 Å². The van der Waals surface area contributed by atoms with Crippen LogP contribution in [-0.4, -0.2) is 73.3 Å². The molecule has 0 atom stereocenters. The molecule has 11 nitrogen and oxygen atoms in total. The van der Waals surface area contributed by atoms with Crippen molar-refractivity contribution in [3.63, 3.8) is 0 Å². The molecule has 0 unspecified atom stereocenters. The van der Waals surface area contributed by atoms with E-state index in [1.165, 1.54) is 0 Å². The van der Waals surface area contributed by atoms with Crippen LogP contribution < -0.4 is 4.90 Å². The van der Waals surface area contributed by atoms with E-state index in [1.807, 2.05) is 66.8 Å². The van der Waals surface area contributed by atoms with Gasteiger partial charge in [-0.05, 0) is 62.4 Å². The highest BCUT2D eigenvalue weighted by Crippen LogP contribution is 2.43. The second kappa shape index (κ2) is 12.8. The van der Waals surface area contributed by atoms with Gasteiger partial charge >= 0.3 is 12.2 Å². The quantitative estimate of drug-likeness (QED) is 0.222. The second-order valence-corrected chi connectivity index (χ2v) is 14.0. The molecule has 0 bridgehead atoms. The number of hydrogen-bond donors (Lipinski definition) is 0. The van der Waals surface area contributed by atoms with Crippen molar-refractivity contribution in [2.75, 3.05) is 31.1 Å². The number of carbonyl (C=O) groups excluding carboxylic acids is 2. The fourth-order valence-electron chi connectivity index (χ4n) is 6.86. The third-order valence-corrected chi connectivity index (χ3v) is 9.26. The van der Waals surface area contributed by atoms with E-state index in [1.54, 1.807) is 40.0 Å². The fourth-order valence-corrected chi connectivity index (χ4v) is 6.86. The van der Waals surface area contributed by atoms with Crippen molar-refractivity contribution in [1.29, 1.82) is 0 Å². The molecule has 2 amide bonds. The van der Waals surface area contributed by atoms with E-state index in [0.29, 0.717) is 55.2 Å². The normalized spacial score (nSPS) is 16.3. The summed E-state index contributed by atoms with van der Waals surface area (Å²) in [6.45, 7) is 7.86. The number of alkyl halides is 2. The maximum atomic E-state index is 14.6. The number of benzene rings is 2. The number of nitrogens with zero attached hydrogens (tertiary/aromatic N) is 7. The van der Waals surface area contributed by atoms with Crippen molar-refractivity contribution in [3.8, 4) is 11.1 Å². The molecule has 1 fully saturated rings. The Labute approximate surface area is 284 Å². The van der Waals surface area contributed by atoms with Gasteiger partial charge in [0.15, 0.2) is 5.82 Å². The molecule has 7 rings (SSSR count). The van der Waals surface area contributed by atoms with Crippen LogP contribution in [0.25, 0.3) is 11.1 Å². The molecule has 3 aliphatic heterocycles. The Morgan fingerprint density at radius 3 is 2.49 bits per heavy atom. The first-order valence-corrected chi connectivity index (χ1v) is 16.7. The molecule has 3 aliphatic rings. The zero-order valence-electron chi connectivity index (χ0n) is 28.2. The number of aryl methyl sites for hydroxylation is 2. The van der Waals surface area contributed by atoms with Gasteiger partial charge in [0.05, 0.1) is 18.8 Å². The third kappa shape index (κ3) is 6.58. The summed E-state index contributed by atoms with van der Waals surface area (Å²) in [5.41, 5.74) is 4.80. The average molecular weight is 674 g/mol. The molecule has 1 saturated heterocycles. The van der Waals surface area contributed by atoms with E-state index in [0.717, 1.165) is 35.2 Å². The molecule has 0 saturated carbocycles. The van der Waals surface area contributed by atoms with Gasteiger partial charge in [-0.2, -0.15) is 10.2 Å². The highest BCUT2D eigenvalue weighted by molar-refractivity contribution is 5.77. The Morgan fingerprint density at radius 2 is 1.80 bits per heavy atom. The first kappa shape index (κ1) is 32.6. The highest BCUT2D eigenvalue weighted by atomic mass is 19.3. The third-order valence-electron chi connectivity index (χ3n) is 9.26. The molecule has 0 N–H and O–H groups in total. The summed E-state index contributed by atoms with van der Waals surface area (Å²) in [6, 6.07) is 12.9. The molecular formula is C36H41F2N7O4. The number of ether oxygens (including phenoxy) is 2. The number of carbonyl (C=O) groups is 2. The number of rotatable bonds is 6. The van der Waals surface area contributed by atoms with Gasteiger partial charge in [-0.3, -0.25) is 9.36 Å². The Morgan fingerprint density at radius 1 is 1.02 bits per heavy atom. The van der Waals surface area contributed by atoms with Crippen LogP contribution in [0.3, 0.4) is 0 Å². The summed E-state index contributed by atoms with van der Waals surface area (Å²) >= 11 is 0. The molecule has 0 spiro atoms. The summed E-state index contributed by atoms with van der Waals surface area (Å²) in [5, 5.41) is 9.34. The predicted octanol–water partition coefficient (Wildman–Crippen LogP) is 6.79. The number of halogens is 2. The van der Waals surface area contributed by atoms with Crippen LogP contribution in [0.2, 0.25) is 0 Å². The van der Waals surface area contributed by atoms with E-state index in [2.05, 4.69) is 5.10 Å². The van der Waals surface area contributed by atoms with Gasteiger partial charge in [-0.25, -0.2) is 18.4 Å². The molecule has 0 aliphatic carbocycles. The van der Waals surface area contributed by atoms with Crippen molar-refractivity contribution in [2.45, 2.75) is 71.3 Å². The zero-order valence-corrected chi connectivity index (χ0v) is 28.2. The van der Waals surface area contributed by atoms with E-state index in [4.69, 9.17) is 14.6 Å². The van der Waals surface area contributed by atoms with Crippen molar-refractivity contribution in [1.82, 2.24) is 29.4 Å². The van der Waals surface area contributed by atoms with E-state index < -0.39 is 18.1 Å². The van der Waals surface area contributed by atoms with Crippen molar-refractivity contribution in [2.24, 2.45) is 7.05 Å². The Balaban J connectivity index is 1.20. The fraction of sp³-hybridized carbons (Fsp3) is 0.444. The number of aromatic nitrogens is 4. The van der Waals surface area contributed by atoms with Gasteiger partial charge in [-0.15, -0.1) is 0 Å². The molecule has 49 heavy (non-hydrogen) atoms. The van der Waals surface area contributed by atoms with Gasteiger partial charge in [-0.1, -0.05) is 30.3 Å². The molecule has 4 aromatic rings. The van der Waals surface area contributed by atoms with Gasteiger partial charge in [0.2, 0.25) is 0 Å². The number of hydrogen-bond acceptors (Lipinski definition) is 7. The smallest absolute Gasteiger partial charge is 0.410 e. The summed E-state index contributed by atoms with van der Waals surface area (Å²) in [4.78, 5) is 31.4. The lowest BCUT2D eigenvalue weighted by atomic mass is 9.92. The zero-order chi connectivity index (χ0) is 34.4. The lowest BCUT2D eigenvalue weighted by Gasteiger charge is -2.39. The van der Waals surface area contributed by atoms with Crippen LogP contribution in [0, 0.1) is 0 Å².